The number of aliphatic imine (C=N–C) groups is 2. The van der Waals surface area contributed by atoms with Crippen LogP contribution in [-0.2, 0) is 0 Å². The van der Waals surface area contributed by atoms with Crippen LogP contribution in [0.15, 0.2) is 66.4 Å². The van der Waals surface area contributed by atoms with Crippen molar-refractivity contribution in [2.75, 3.05) is 26.8 Å². The van der Waals surface area contributed by atoms with Crippen molar-refractivity contribution in [3.05, 3.63) is 59.1 Å². The molecule has 3 aromatic rings. The van der Waals surface area contributed by atoms with E-state index in [0.717, 1.165) is 9.75 Å². The molecule has 0 N–H and O–H groups in total. The van der Waals surface area contributed by atoms with Crippen LogP contribution in [0.3, 0.4) is 0 Å². The lowest BCUT2D eigenvalue weighted by Gasteiger charge is -2.16. The Morgan fingerprint density at radius 3 is 2.29 bits per heavy atom. The first kappa shape index (κ1) is 23.6. The first-order valence-electron chi connectivity index (χ1n) is 10.5. The minimum Gasteiger partial charge on any atom is -0.484 e. The Labute approximate surface area is 206 Å². The van der Waals surface area contributed by atoms with Gasteiger partial charge in [-0.1, -0.05) is 6.08 Å². The molecule has 8 nitrogen and oxygen atoms in total. The number of ether oxygens (including phenoxy) is 2. The third kappa shape index (κ3) is 5.32. The lowest BCUT2D eigenvalue weighted by molar-refractivity contribution is 0.174. The Morgan fingerprint density at radius 2 is 1.69 bits per heavy atom. The second-order valence-corrected chi connectivity index (χ2v) is 8.18. The van der Waals surface area contributed by atoms with E-state index in [1.165, 1.54) is 17.6 Å². The summed E-state index contributed by atoms with van der Waals surface area (Å²) in [4.78, 5) is 9.14. The summed E-state index contributed by atoms with van der Waals surface area (Å²) in [7, 11) is 1.60. The summed E-state index contributed by atoms with van der Waals surface area (Å²) in [6.45, 7) is 4.52. The maximum atomic E-state index is 9.22. The predicted octanol–water partition coefficient (Wildman–Crippen LogP) is 5.81. The number of thiophene rings is 1. The van der Waals surface area contributed by atoms with Crippen LogP contribution >= 0.6 is 11.3 Å². The van der Waals surface area contributed by atoms with E-state index in [9.17, 15) is 5.26 Å². The molecule has 0 saturated carbocycles. The molecule has 0 spiro atoms. The van der Waals surface area contributed by atoms with Crippen LogP contribution in [0, 0.1) is 22.7 Å². The zero-order valence-electron chi connectivity index (χ0n) is 18.9. The number of hydrogen-bond donors (Lipinski definition) is 0. The van der Waals surface area contributed by atoms with Crippen molar-refractivity contribution in [3.8, 4) is 44.9 Å². The zero-order valence-corrected chi connectivity index (χ0v) is 19.7. The Kier molecular flexibility index (Phi) is 7.41. The van der Waals surface area contributed by atoms with Crippen LogP contribution in [0.1, 0.15) is 11.5 Å². The van der Waals surface area contributed by atoms with E-state index >= 15 is 0 Å². The molecule has 0 fully saturated rings. The number of nitrogens with zero attached hydrogens (tertiary/aromatic N) is 4. The number of rotatable bonds is 8. The first-order chi connectivity index (χ1) is 17.2. The molecule has 0 amide bonds. The Morgan fingerprint density at radius 1 is 1.03 bits per heavy atom. The largest absolute Gasteiger partial charge is 0.484 e. The molecule has 9 heteroatoms. The normalized spacial score (nSPS) is 13.8. The van der Waals surface area contributed by atoms with E-state index in [0.29, 0.717) is 58.9 Å². The zero-order chi connectivity index (χ0) is 24.6. The molecule has 0 bridgehead atoms. The highest BCUT2D eigenvalue weighted by Crippen LogP contribution is 2.54. The number of allylic oxidation sites excluding steroid dienone is 3. The van der Waals surface area contributed by atoms with Crippen molar-refractivity contribution >= 4 is 36.4 Å². The Hall–Kier alpha value is -4.60. The molecule has 35 heavy (non-hydrogen) atoms. The molecular weight excluding hydrogens is 464 g/mol. The van der Waals surface area contributed by atoms with Crippen molar-refractivity contribution < 1.29 is 18.3 Å². The predicted molar refractivity (Wildman–Crippen MR) is 136 cm³/mol. The van der Waals surface area contributed by atoms with E-state index in [2.05, 4.69) is 28.8 Å². The Bertz CT molecular complexity index is 1440. The van der Waals surface area contributed by atoms with E-state index < -0.39 is 0 Å². The maximum absolute atomic E-state index is 9.22. The van der Waals surface area contributed by atoms with Crippen molar-refractivity contribution in [1.29, 1.82) is 10.5 Å². The van der Waals surface area contributed by atoms with Gasteiger partial charge >= 0.3 is 0 Å². The second kappa shape index (κ2) is 11.0. The molecule has 174 valence electrons. The van der Waals surface area contributed by atoms with Gasteiger partial charge in [0.1, 0.15) is 52.1 Å². The van der Waals surface area contributed by atoms with Gasteiger partial charge in [0.2, 0.25) is 0 Å². The molecule has 4 rings (SSSR count). The van der Waals surface area contributed by atoms with Gasteiger partial charge in [-0.3, -0.25) is 9.98 Å². The SMILES string of the molecule is C=NC/C(C#N)=C/C=C/c1ccc(-c2sc(-c3ccc(/C=C(C#N)\C=N/C)o3)c3c2OCCO3)o1. The van der Waals surface area contributed by atoms with Gasteiger partial charge in [0.15, 0.2) is 11.5 Å². The average Bonchev–Trinajstić information content (AvgIpc) is 3.61. The van der Waals surface area contributed by atoms with E-state index in [1.54, 1.807) is 37.4 Å². The quantitative estimate of drug-likeness (QED) is 0.226. The maximum Gasteiger partial charge on any atom is 0.183 e. The van der Waals surface area contributed by atoms with Crippen LogP contribution in [0.5, 0.6) is 11.5 Å². The smallest absolute Gasteiger partial charge is 0.183 e. The van der Waals surface area contributed by atoms with Gasteiger partial charge in [-0.05, 0) is 43.1 Å². The van der Waals surface area contributed by atoms with Crippen LogP contribution in [-0.4, -0.2) is 39.7 Å². The van der Waals surface area contributed by atoms with Gasteiger partial charge in [-0.25, -0.2) is 0 Å². The fourth-order valence-corrected chi connectivity index (χ4v) is 4.40. The highest BCUT2D eigenvalue weighted by atomic mass is 32.1. The highest BCUT2D eigenvalue weighted by molar-refractivity contribution is 7.19. The number of hydrogen-bond acceptors (Lipinski definition) is 9. The summed E-state index contributed by atoms with van der Waals surface area (Å²) in [5.74, 6) is 3.57. The molecule has 1 aliphatic rings. The lowest BCUT2D eigenvalue weighted by Crippen LogP contribution is -2.14. The first-order valence-corrected chi connectivity index (χ1v) is 11.3. The summed E-state index contributed by atoms with van der Waals surface area (Å²) >= 11 is 1.43. The molecule has 0 aliphatic carbocycles. The minimum absolute atomic E-state index is 0.264. The molecule has 1 aliphatic heterocycles. The van der Waals surface area contributed by atoms with Gasteiger partial charge in [-0.15, -0.1) is 11.3 Å². The monoisotopic (exact) mass is 484 g/mol. The third-order valence-corrected chi connectivity index (χ3v) is 5.96. The van der Waals surface area contributed by atoms with Gasteiger partial charge in [0, 0.05) is 19.3 Å². The topological polar surface area (TPSA) is 117 Å². The standard InChI is InChI=1S/C26H20N4O4S/c1-29-15-17(13-27)4-3-5-19-6-8-21(33-19)25-23-24(32-11-10-31-23)26(35-25)22-9-7-20(34-22)12-18(14-28)16-30-2/h3-9,12,16H,1,10-11,15H2,2H3/b5-3+,17-4+,18-12-,30-16-. The van der Waals surface area contributed by atoms with Crippen molar-refractivity contribution in [2.24, 2.45) is 9.98 Å². The highest BCUT2D eigenvalue weighted by Gasteiger charge is 2.29. The van der Waals surface area contributed by atoms with Gasteiger partial charge in [0.25, 0.3) is 0 Å². The summed E-state index contributed by atoms with van der Waals surface area (Å²) < 4.78 is 23.8. The second-order valence-electron chi connectivity index (χ2n) is 7.16. The fourth-order valence-electron chi connectivity index (χ4n) is 3.29. The van der Waals surface area contributed by atoms with Gasteiger partial charge in [-0.2, -0.15) is 10.5 Å². The van der Waals surface area contributed by atoms with E-state index in [-0.39, 0.29) is 6.54 Å². The number of fused-ring (bicyclic) bond motifs is 1. The third-order valence-electron chi connectivity index (χ3n) is 4.78. The van der Waals surface area contributed by atoms with Crippen LogP contribution in [0.25, 0.3) is 33.4 Å². The van der Waals surface area contributed by atoms with Crippen molar-refractivity contribution in [2.45, 2.75) is 0 Å². The average molecular weight is 485 g/mol. The van der Waals surface area contributed by atoms with Crippen molar-refractivity contribution in [1.82, 2.24) is 0 Å². The van der Waals surface area contributed by atoms with Crippen LogP contribution < -0.4 is 9.47 Å². The summed E-state index contributed by atoms with van der Waals surface area (Å²) in [6.07, 6.45) is 8.27. The molecule has 3 aromatic heterocycles. The van der Waals surface area contributed by atoms with Gasteiger partial charge < -0.3 is 18.3 Å². The van der Waals surface area contributed by atoms with E-state index in [1.807, 2.05) is 18.2 Å². The molecule has 0 aromatic carbocycles. The Balaban J connectivity index is 1.65. The molecule has 0 radical (unpaired) electrons. The lowest BCUT2D eigenvalue weighted by atomic mass is 10.2. The summed E-state index contributed by atoms with van der Waals surface area (Å²) in [6, 6.07) is 11.4. The van der Waals surface area contributed by atoms with Crippen LogP contribution in [0.2, 0.25) is 0 Å². The summed E-state index contributed by atoms with van der Waals surface area (Å²) in [5.41, 5.74) is 0.887. The summed E-state index contributed by atoms with van der Waals surface area (Å²) in [5, 5.41) is 18.3. The van der Waals surface area contributed by atoms with Gasteiger partial charge in [0.05, 0.1) is 23.8 Å². The number of nitriles is 2. The van der Waals surface area contributed by atoms with E-state index in [4.69, 9.17) is 23.6 Å². The van der Waals surface area contributed by atoms with Crippen LogP contribution in [0.4, 0.5) is 0 Å². The molecule has 4 heterocycles. The van der Waals surface area contributed by atoms with Crippen molar-refractivity contribution in [3.63, 3.8) is 0 Å². The minimum atomic E-state index is 0.264. The molecule has 0 atom stereocenters. The molecule has 0 unspecified atom stereocenters. The number of furan rings is 2. The molecule has 0 saturated heterocycles. The molecular formula is C26H20N4O4S. The fraction of sp³-hybridized carbons (Fsp3) is 0.154.